The summed E-state index contributed by atoms with van der Waals surface area (Å²) in [7, 11) is 1.52. The second-order valence-corrected chi connectivity index (χ2v) is 8.68. The van der Waals surface area contributed by atoms with E-state index >= 15 is 0 Å². The Morgan fingerprint density at radius 3 is 2.53 bits per heavy atom. The summed E-state index contributed by atoms with van der Waals surface area (Å²) >= 11 is 6.12. The molecule has 2 aromatic rings. The van der Waals surface area contributed by atoms with Crippen LogP contribution in [0.1, 0.15) is 15.9 Å². The first-order chi connectivity index (χ1) is 16.3. The molecule has 0 bridgehead atoms. The molecule has 2 amide bonds. The van der Waals surface area contributed by atoms with E-state index < -0.39 is 17.8 Å². The maximum absolute atomic E-state index is 13.7. The summed E-state index contributed by atoms with van der Waals surface area (Å²) in [6, 6.07) is 9.17. The van der Waals surface area contributed by atoms with Crippen molar-refractivity contribution in [2.24, 2.45) is 0 Å². The maximum Gasteiger partial charge on any atom is 0.254 e. The van der Waals surface area contributed by atoms with Gasteiger partial charge in [-0.25, -0.2) is 4.39 Å². The third-order valence-corrected chi connectivity index (χ3v) is 6.08. The second kappa shape index (κ2) is 12.1. The molecule has 1 aliphatic rings. The fourth-order valence-electron chi connectivity index (χ4n) is 3.77. The Balaban J connectivity index is 1.39. The van der Waals surface area contributed by atoms with Gasteiger partial charge in [-0.1, -0.05) is 23.7 Å². The van der Waals surface area contributed by atoms with E-state index in [1.54, 1.807) is 18.2 Å². The van der Waals surface area contributed by atoms with Gasteiger partial charge >= 0.3 is 0 Å². The van der Waals surface area contributed by atoms with E-state index in [-0.39, 0.29) is 24.6 Å². The molecular formula is C24H30ClFN4O4. The molecule has 184 valence electrons. The maximum atomic E-state index is 13.7. The van der Waals surface area contributed by atoms with Crippen LogP contribution in [-0.4, -0.2) is 85.7 Å². The Morgan fingerprint density at radius 2 is 1.85 bits per heavy atom. The molecule has 1 saturated heterocycles. The third kappa shape index (κ3) is 7.14. The third-order valence-electron chi connectivity index (χ3n) is 5.67. The number of aryl methyl sites for hydroxylation is 1. The predicted molar refractivity (Wildman–Crippen MR) is 129 cm³/mol. The molecule has 1 atom stereocenters. The van der Waals surface area contributed by atoms with Crippen LogP contribution in [0.3, 0.4) is 0 Å². The highest BCUT2D eigenvalue weighted by atomic mass is 35.5. The number of nitrogens with one attached hydrogen (secondary N) is 2. The van der Waals surface area contributed by atoms with Crippen molar-refractivity contribution in [2.45, 2.75) is 13.0 Å². The molecule has 1 fully saturated rings. The van der Waals surface area contributed by atoms with Crippen molar-refractivity contribution in [2.75, 3.05) is 58.2 Å². The molecule has 8 nitrogen and oxygen atoms in total. The molecule has 34 heavy (non-hydrogen) atoms. The highest BCUT2D eigenvalue weighted by Gasteiger charge is 2.22. The number of halogens is 2. The van der Waals surface area contributed by atoms with E-state index in [0.717, 1.165) is 5.56 Å². The number of aliphatic hydroxyl groups excluding tert-OH is 1. The molecule has 10 heteroatoms. The number of aliphatic hydroxyl groups is 1. The molecule has 0 saturated carbocycles. The molecule has 2 aromatic carbocycles. The van der Waals surface area contributed by atoms with Crippen LogP contribution >= 0.6 is 11.6 Å². The molecule has 1 aliphatic heterocycles. The summed E-state index contributed by atoms with van der Waals surface area (Å²) < 4.78 is 19.0. The number of nitrogens with zero attached hydrogens (tertiary/aromatic N) is 2. The van der Waals surface area contributed by atoms with Gasteiger partial charge in [0, 0.05) is 50.4 Å². The minimum atomic E-state index is -0.786. The number of β-amino-alcohol motifs (C(OH)–C–C–N with tert-alkyl or cyclic N) is 1. The van der Waals surface area contributed by atoms with Gasteiger partial charge in [-0.2, -0.15) is 0 Å². The van der Waals surface area contributed by atoms with E-state index in [4.69, 9.17) is 16.3 Å². The Morgan fingerprint density at radius 1 is 1.18 bits per heavy atom. The van der Waals surface area contributed by atoms with E-state index in [2.05, 4.69) is 15.5 Å². The Bertz CT molecular complexity index is 1010. The lowest BCUT2D eigenvalue weighted by Gasteiger charge is -2.35. The SMILES string of the molecule is COc1cc(Cl)c(C)cc1NC(=O)CN1CCN(CC(O)CNC(=O)c2ccccc2F)CC1. The number of carbonyl (C=O) groups is 2. The second-order valence-electron chi connectivity index (χ2n) is 8.27. The van der Waals surface area contributed by atoms with Crippen LogP contribution in [0.15, 0.2) is 36.4 Å². The van der Waals surface area contributed by atoms with Crippen molar-refractivity contribution in [3.63, 3.8) is 0 Å². The van der Waals surface area contributed by atoms with Crippen LogP contribution in [-0.2, 0) is 4.79 Å². The molecular weight excluding hydrogens is 463 g/mol. The summed E-state index contributed by atoms with van der Waals surface area (Å²) in [5.41, 5.74) is 1.37. The van der Waals surface area contributed by atoms with Crippen LogP contribution in [0, 0.1) is 12.7 Å². The summed E-state index contributed by atoms with van der Waals surface area (Å²) in [6.45, 7) is 5.17. The van der Waals surface area contributed by atoms with Gasteiger partial charge in [0.2, 0.25) is 5.91 Å². The minimum absolute atomic E-state index is 0.0259. The topological polar surface area (TPSA) is 94.1 Å². The van der Waals surface area contributed by atoms with Crippen LogP contribution in [0.5, 0.6) is 5.75 Å². The van der Waals surface area contributed by atoms with Crippen molar-refractivity contribution < 1.29 is 23.8 Å². The number of carbonyl (C=O) groups excluding carboxylic acids is 2. The molecule has 1 heterocycles. The molecule has 1 unspecified atom stereocenters. The lowest BCUT2D eigenvalue weighted by Crippen LogP contribution is -2.51. The predicted octanol–water partition coefficient (Wildman–Crippen LogP) is 2.14. The Labute approximate surface area is 203 Å². The lowest BCUT2D eigenvalue weighted by molar-refractivity contribution is -0.117. The van der Waals surface area contributed by atoms with Gasteiger partial charge in [-0.15, -0.1) is 0 Å². The van der Waals surface area contributed by atoms with E-state index in [1.165, 1.54) is 25.3 Å². The molecule has 0 radical (unpaired) electrons. The highest BCUT2D eigenvalue weighted by molar-refractivity contribution is 6.31. The molecule has 0 aliphatic carbocycles. The standard InChI is InChI=1S/C24H30ClFN4O4/c1-16-11-21(22(34-2)12-19(16)25)28-23(32)15-30-9-7-29(8-10-30)14-17(31)13-27-24(33)18-5-3-4-6-20(18)26/h3-6,11-12,17,31H,7-10,13-15H2,1-2H3,(H,27,33)(H,28,32). The largest absolute Gasteiger partial charge is 0.495 e. The average Bonchev–Trinajstić information content (AvgIpc) is 2.81. The van der Waals surface area contributed by atoms with E-state index in [1.807, 2.05) is 11.8 Å². The van der Waals surface area contributed by atoms with Gasteiger partial charge in [-0.3, -0.25) is 19.4 Å². The molecule has 0 spiro atoms. The summed E-state index contributed by atoms with van der Waals surface area (Å²) in [5, 5.41) is 16.3. The van der Waals surface area contributed by atoms with Gasteiger partial charge in [0.25, 0.3) is 5.91 Å². The van der Waals surface area contributed by atoms with Crippen LogP contribution in [0.25, 0.3) is 0 Å². The van der Waals surface area contributed by atoms with Gasteiger partial charge in [0.05, 0.1) is 31.0 Å². The number of piperazine rings is 1. The average molecular weight is 493 g/mol. The summed E-state index contributed by atoms with van der Waals surface area (Å²) in [4.78, 5) is 28.7. The van der Waals surface area contributed by atoms with E-state index in [9.17, 15) is 19.1 Å². The van der Waals surface area contributed by atoms with Gasteiger partial charge in [0.1, 0.15) is 11.6 Å². The smallest absolute Gasteiger partial charge is 0.254 e. The normalized spacial score (nSPS) is 15.6. The first-order valence-corrected chi connectivity index (χ1v) is 11.4. The Hall–Kier alpha value is -2.72. The first kappa shape index (κ1) is 25.9. The van der Waals surface area contributed by atoms with Crippen LogP contribution in [0.4, 0.5) is 10.1 Å². The zero-order valence-corrected chi connectivity index (χ0v) is 20.1. The van der Waals surface area contributed by atoms with Gasteiger partial charge in [0.15, 0.2) is 0 Å². The van der Waals surface area contributed by atoms with Gasteiger partial charge < -0.3 is 20.5 Å². The number of rotatable bonds is 9. The fraction of sp³-hybridized carbons (Fsp3) is 0.417. The quantitative estimate of drug-likeness (QED) is 0.496. The summed E-state index contributed by atoms with van der Waals surface area (Å²) in [5.74, 6) is -0.797. The number of hydrogen-bond donors (Lipinski definition) is 3. The van der Waals surface area contributed by atoms with Crippen LogP contribution < -0.4 is 15.4 Å². The van der Waals surface area contributed by atoms with Crippen molar-refractivity contribution >= 4 is 29.1 Å². The minimum Gasteiger partial charge on any atom is -0.495 e. The first-order valence-electron chi connectivity index (χ1n) is 11.1. The molecule has 0 aromatic heterocycles. The van der Waals surface area contributed by atoms with Crippen molar-refractivity contribution in [3.8, 4) is 5.75 Å². The summed E-state index contributed by atoms with van der Waals surface area (Å²) in [6.07, 6.45) is -0.786. The van der Waals surface area contributed by atoms with E-state index in [0.29, 0.717) is 49.2 Å². The highest BCUT2D eigenvalue weighted by Crippen LogP contribution is 2.30. The Kier molecular flexibility index (Phi) is 9.23. The number of anilines is 1. The number of ether oxygens (including phenoxy) is 1. The lowest BCUT2D eigenvalue weighted by atomic mass is 10.2. The zero-order chi connectivity index (χ0) is 24.7. The number of benzene rings is 2. The fourth-order valence-corrected chi connectivity index (χ4v) is 3.92. The number of hydrogen-bond acceptors (Lipinski definition) is 6. The van der Waals surface area contributed by atoms with Gasteiger partial charge in [-0.05, 0) is 30.7 Å². The van der Waals surface area contributed by atoms with Crippen LogP contribution in [0.2, 0.25) is 5.02 Å². The monoisotopic (exact) mass is 492 g/mol. The molecule has 3 rings (SSSR count). The zero-order valence-electron chi connectivity index (χ0n) is 19.3. The number of methoxy groups -OCH3 is 1. The number of amides is 2. The molecule has 3 N–H and O–H groups in total. The van der Waals surface area contributed by atoms with Crippen molar-refractivity contribution in [1.82, 2.24) is 15.1 Å². The van der Waals surface area contributed by atoms with Crippen molar-refractivity contribution in [1.29, 1.82) is 0 Å². The van der Waals surface area contributed by atoms with Crippen molar-refractivity contribution in [3.05, 3.63) is 58.4 Å².